The molecule has 0 aromatic heterocycles. The molecule has 0 saturated heterocycles. The molecule has 1 aromatic carbocycles. The van der Waals surface area contributed by atoms with Gasteiger partial charge in [-0.2, -0.15) is 0 Å². The molecule has 1 aliphatic heterocycles. The van der Waals surface area contributed by atoms with E-state index >= 15 is 0 Å². The first kappa shape index (κ1) is 11.1. The number of aliphatic hydroxyl groups is 2. The number of hydrogen-bond donors (Lipinski definition) is 4. The van der Waals surface area contributed by atoms with Gasteiger partial charge < -0.3 is 21.3 Å². The number of hydrogen-bond acceptors (Lipinski definition) is 4. The van der Waals surface area contributed by atoms with Gasteiger partial charge in [0.05, 0.1) is 6.10 Å². The smallest absolute Gasteiger partial charge is 0.251 e. The highest BCUT2D eigenvalue weighted by atomic mass is 16.3. The van der Waals surface area contributed by atoms with E-state index in [1.165, 1.54) is 0 Å². The van der Waals surface area contributed by atoms with Crippen LogP contribution in [0.4, 0.5) is 0 Å². The maximum Gasteiger partial charge on any atom is 0.251 e. The molecule has 2 rings (SSSR count). The van der Waals surface area contributed by atoms with E-state index in [0.717, 1.165) is 5.56 Å². The summed E-state index contributed by atoms with van der Waals surface area (Å²) in [6, 6.07) is 5.00. The Labute approximate surface area is 92.9 Å². The number of aliphatic hydroxyl groups excluding tert-OH is 2. The first-order valence-electron chi connectivity index (χ1n) is 5.10. The Kier molecular flexibility index (Phi) is 2.91. The molecule has 5 N–H and O–H groups in total. The molecule has 5 nitrogen and oxygen atoms in total. The molecule has 0 radical (unpaired) electrons. The van der Waals surface area contributed by atoms with Crippen molar-refractivity contribution in [1.82, 2.24) is 5.32 Å². The summed E-state index contributed by atoms with van der Waals surface area (Å²) in [5, 5.41) is 21.9. The van der Waals surface area contributed by atoms with Gasteiger partial charge in [-0.05, 0) is 17.2 Å². The van der Waals surface area contributed by atoms with Crippen molar-refractivity contribution in [3.05, 3.63) is 34.9 Å². The van der Waals surface area contributed by atoms with Gasteiger partial charge in [0.15, 0.2) is 0 Å². The monoisotopic (exact) mass is 222 g/mol. The van der Waals surface area contributed by atoms with E-state index in [1.807, 2.05) is 0 Å². The molecule has 16 heavy (non-hydrogen) atoms. The van der Waals surface area contributed by atoms with Crippen molar-refractivity contribution < 1.29 is 15.0 Å². The molecule has 0 saturated carbocycles. The predicted molar refractivity (Wildman–Crippen MR) is 57.6 cm³/mol. The zero-order valence-electron chi connectivity index (χ0n) is 8.68. The van der Waals surface area contributed by atoms with Gasteiger partial charge in [0.2, 0.25) is 0 Å². The number of carbonyl (C=O) groups excluding carboxylic acids is 1. The minimum atomic E-state index is -1.01. The lowest BCUT2D eigenvalue weighted by Gasteiger charge is -2.16. The highest BCUT2D eigenvalue weighted by Crippen LogP contribution is 2.22. The second-order valence-corrected chi connectivity index (χ2v) is 3.85. The third-order valence-corrected chi connectivity index (χ3v) is 2.76. The summed E-state index contributed by atoms with van der Waals surface area (Å²) in [6.45, 7) is 0.461. The lowest BCUT2D eigenvalue weighted by Crippen LogP contribution is -2.27. The number of benzene rings is 1. The summed E-state index contributed by atoms with van der Waals surface area (Å²) in [5.41, 5.74) is 7.31. The van der Waals surface area contributed by atoms with Gasteiger partial charge in [0.25, 0.3) is 5.91 Å². The Hall–Kier alpha value is -1.43. The predicted octanol–water partition coefficient (Wildman–Crippen LogP) is -0.717. The summed E-state index contributed by atoms with van der Waals surface area (Å²) in [4.78, 5) is 11.3. The molecule has 0 spiro atoms. The Balaban J connectivity index is 2.28. The molecule has 0 aliphatic carbocycles. The van der Waals surface area contributed by atoms with Gasteiger partial charge in [-0.1, -0.05) is 12.1 Å². The van der Waals surface area contributed by atoms with Gasteiger partial charge in [0, 0.05) is 18.7 Å². The number of nitrogens with one attached hydrogen (secondary N) is 1. The average molecular weight is 222 g/mol. The molecule has 0 bridgehead atoms. The van der Waals surface area contributed by atoms with Crippen LogP contribution in [0, 0.1) is 0 Å². The Morgan fingerprint density at radius 2 is 2.19 bits per heavy atom. The van der Waals surface area contributed by atoms with E-state index in [-0.39, 0.29) is 12.5 Å². The Morgan fingerprint density at radius 1 is 1.44 bits per heavy atom. The van der Waals surface area contributed by atoms with Crippen LogP contribution >= 0.6 is 0 Å². The van der Waals surface area contributed by atoms with E-state index in [1.54, 1.807) is 18.2 Å². The molecule has 1 amide bonds. The van der Waals surface area contributed by atoms with Gasteiger partial charge >= 0.3 is 0 Å². The number of fused-ring (bicyclic) bond motifs is 1. The lowest BCUT2D eigenvalue weighted by atomic mass is 9.99. The van der Waals surface area contributed by atoms with Crippen molar-refractivity contribution in [2.24, 2.45) is 5.73 Å². The van der Waals surface area contributed by atoms with Crippen LogP contribution in [-0.4, -0.2) is 28.8 Å². The summed E-state index contributed by atoms with van der Waals surface area (Å²) < 4.78 is 0. The quantitative estimate of drug-likeness (QED) is 0.543. The van der Waals surface area contributed by atoms with Crippen LogP contribution < -0.4 is 11.1 Å². The maximum absolute atomic E-state index is 11.3. The van der Waals surface area contributed by atoms with E-state index in [0.29, 0.717) is 17.7 Å². The van der Waals surface area contributed by atoms with Crippen molar-refractivity contribution in [1.29, 1.82) is 0 Å². The third-order valence-electron chi connectivity index (χ3n) is 2.76. The molecular weight excluding hydrogens is 208 g/mol. The fourth-order valence-electron chi connectivity index (χ4n) is 1.79. The Bertz CT molecular complexity index is 420. The second-order valence-electron chi connectivity index (χ2n) is 3.85. The SMILES string of the molecule is NCC(O)C(O)c1ccc2c(c1)CNC2=O. The zero-order chi connectivity index (χ0) is 11.7. The minimum absolute atomic E-state index is 0.00453. The molecule has 1 aromatic rings. The number of nitrogens with two attached hydrogens (primary N) is 1. The van der Waals surface area contributed by atoms with E-state index in [9.17, 15) is 15.0 Å². The maximum atomic E-state index is 11.3. The van der Waals surface area contributed by atoms with Crippen molar-refractivity contribution in [3.8, 4) is 0 Å². The molecule has 86 valence electrons. The van der Waals surface area contributed by atoms with E-state index in [4.69, 9.17) is 5.73 Å². The molecule has 1 heterocycles. The van der Waals surface area contributed by atoms with Gasteiger partial charge in [0.1, 0.15) is 6.10 Å². The van der Waals surface area contributed by atoms with Crippen LogP contribution in [0.25, 0.3) is 0 Å². The van der Waals surface area contributed by atoms with Gasteiger partial charge in [-0.15, -0.1) is 0 Å². The highest BCUT2D eigenvalue weighted by molar-refractivity contribution is 5.98. The van der Waals surface area contributed by atoms with Crippen molar-refractivity contribution >= 4 is 5.91 Å². The van der Waals surface area contributed by atoms with Crippen LogP contribution in [0.2, 0.25) is 0 Å². The lowest BCUT2D eigenvalue weighted by molar-refractivity contribution is 0.0243. The highest BCUT2D eigenvalue weighted by Gasteiger charge is 2.22. The number of carbonyl (C=O) groups is 1. The van der Waals surface area contributed by atoms with Crippen LogP contribution in [0.3, 0.4) is 0 Å². The molecule has 2 atom stereocenters. The minimum Gasteiger partial charge on any atom is -0.389 e. The van der Waals surface area contributed by atoms with Crippen molar-refractivity contribution in [3.63, 3.8) is 0 Å². The number of rotatable bonds is 3. The van der Waals surface area contributed by atoms with Crippen molar-refractivity contribution in [2.75, 3.05) is 6.54 Å². The molecule has 0 fully saturated rings. The molecular formula is C11H14N2O3. The fraction of sp³-hybridized carbons (Fsp3) is 0.364. The van der Waals surface area contributed by atoms with Crippen LogP contribution in [0.5, 0.6) is 0 Å². The molecule has 5 heteroatoms. The summed E-state index contributed by atoms with van der Waals surface area (Å²) in [7, 11) is 0. The number of amides is 1. The van der Waals surface area contributed by atoms with Crippen LogP contribution in [0.1, 0.15) is 27.6 Å². The first-order chi connectivity index (χ1) is 7.63. The third kappa shape index (κ3) is 1.80. The van der Waals surface area contributed by atoms with E-state index < -0.39 is 12.2 Å². The van der Waals surface area contributed by atoms with Crippen molar-refractivity contribution in [2.45, 2.75) is 18.8 Å². The first-order valence-corrected chi connectivity index (χ1v) is 5.10. The van der Waals surface area contributed by atoms with Crippen LogP contribution in [-0.2, 0) is 6.54 Å². The average Bonchev–Trinajstić information content (AvgIpc) is 2.68. The van der Waals surface area contributed by atoms with Gasteiger partial charge in [-0.3, -0.25) is 4.79 Å². The van der Waals surface area contributed by atoms with Gasteiger partial charge in [-0.25, -0.2) is 0 Å². The second kappa shape index (κ2) is 4.21. The topological polar surface area (TPSA) is 95.6 Å². The molecule has 1 aliphatic rings. The zero-order valence-corrected chi connectivity index (χ0v) is 8.68. The molecule has 2 unspecified atom stereocenters. The fourth-order valence-corrected chi connectivity index (χ4v) is 1.79. The van der Waals surface area contributed by atoms with Crippen LogP contribution in [0.15, 0.2) is 18.2 Å². The largest absolute Gasteiger partial charge is 0.389 e. The summed E-state index contributed by atoms with van der Waals surface area (Å²) in [5.74, 6) is -0.101. The standard InChI is InChI=1S/C11H14N2O3/c12-4-9(14)10(15)6-1-2-8-7(3-6)5-13-11(8)16/h1-3,9-10,14-15H,4-5,12H2,(H,13,16). The van der Waals surface area contributed by atoms with E-state index in [2.05, 4.69) is 5.32 Å². The normalized spacial score (nSPS) is 17.8. The summed E-state index contributed by atoms with van der Waals surface area (Å²) in [6.07, 6.45) is -1.99. The Morgan fingerprint density at radius 3 is 2.88 bits per heavy atom. The summed E-state index contributed by atoms with van der Waals surface area (Å²) >= 11 is 0.